The second kappa shape index (κ2) is 9.99. The molecule has 0 bridgehead atoms. The van der Waals surface area contributed by atoms with Gasteiger partial charge in [-0.3, -0.25) is 9.59 Å². The minimum absolute atomic E-state index is 0.0569. The summed E-state index contributed by atoms with van der Waals surface area (Å²) < 4.78 is 10.6. The van der Waals surface area contributed by atoms with Gasteiger partial charge in [-0.1, -0.05) is 5.16 Å². The average molecular weight is 479 g/mol. The number of nitrogens with one attached hydrogen (secondary N) is 1. The lowest BCUT2D eigenvalue weighted by Crippen LogP contribution is -2.51. The first-order chi connectivity index (χ1) is 17.0. The normalized spacial score (nSPS) is 18.1. The van der Waals surface area contributed by atoms with E-state index in [1.807, 2.05) is 11.8 Å². The molecule has 2 saturated heterocycles. The Morgan fingerprint density at radius 2 is 1.80 bits per heavy atom. The molecule has 5 rings (SSSR count). The molecule has 0 aromatic carbocycles. The Kier molecular flexibility index (Phi) is 6.63. The number of carbonyl (C=O) groups is 2. The maximum Gasteiger partial charge on any atom is 0.257 e. The summed E-state index contributed by atoms with van der Waals surface area (Å²) in [5.41, 5.74) is 2.08. The smallest absolute Gasteiger partial charge is 0.257 e. The number of hydrogen-bond acceptors (Lipinski definition) is 8. The van der Waals surface area contributed by atoms with Gasteiger partial charge in [0.25, 0.3) is 11.8 Å². The van der Waals surface area contributed by atoms with Gasteiger partial charge < -0.3 is 24.1 Å². The van der Waals surface area contributed by atoms with Crippen molar-refractivity contribution < 1.29 is 18.5 Å². The maximum absolute atomic E-state index is 13.1. The SMILES string of the molecule is Cc1occc1C(=O)N1CCC(N2CCC(NC(=O)c3c(-c4ccncn4)noc3C)CC2)CC1. The molecule has 2 amide bonds. The van der Waals surface area contributed by atoms with E-state index in [9.17, 15) is 9.59 Å². The van der Waals surface area contributed by atoms with Crippen LogP contribution in [0.15, 0.2) is 39.9 Å². The average Bonchev–Trinajstić information content (AvgIpc) is 3.50. The number of aromatic nitrogens is 3. The molecule has 10 heteroatoms. The first kappa shape index (κ1) is 23.2. The van der Waals surface area contributed by atoms with Crippen molar-refractivity contribution in [3.63, 3.8) is 0 Å². The van der Waals surface area contributed by atoms with Crippen LogP contribution in [0.5, 0.6) is 0 Å². The van der Waals surface area contributed by atoms with Crippen molar-refractivity contribution in [1.82, 2.24) is 30.2 Å². The van der Waals surface area contributed by atoms with Crippen LogP contribution in [-0.2, 0) is 0 Å². The van der Waals surface area contributed by atoms with E-state index in [-0.39, 0.29) is 17.9 Å². The molecule has 0 spiro atoms. The van der Waals surface area contributed by atoms with Crippen molar-refractivity contribution in [3.8, 4) is 11.4 Å². The molecule has 0 saturated carbocycles. The molecule has 0 unspecified atom stereocenters. The summed E-state index contributed by atoms with van der Waals surface area (Å²) in [6.45, 7) is 6.91. The number of furan rings is 1. The zero-order valence-electron chi connectivity index (χ0n) is 20.1. The molecule has 10 nitrogen and oxygen atoms in total. The van der Waals surface area contributed by atoms with Crippen molar-refractivity contribution >= 4 is 11.8 Å². The van der Waals surface area contributed by atoms with Crippen molar-refractivity contribution in [1.29, 1.82) is 0 Å². The van der Waals surface area contributed by atoms with Gasteiger partial charge in [0.15, 0.2) is 0 Å². The summed E-state index contributed by atoms with van der Waals surface area (Å²) in [4.78, 5) is 38.4. The number of piperidine rings is 2. The largest absolute Gasteiger partial charge is 0.469 e. The molecule has 3 aromatic rings. The number of amides is 2. The van der Waals surface area contributed by atoms with E-state index < -0.39 is 0 Å². The Balaban J connectivity index is 1.12. The van der Waals surface area contributed by atoms with Crippen LogP contribution in [0.4, 0.5) is 0 Å². The Labute approximate surface area is 203 Å². The highest BCUT2D eigenvalue weighted by Crippen LogP contribution is 2.25. The van der Waals surface area contributed by atoms with Crippen LogP contribution < -0.4 is 5.32 Å². The zero-order chi connectivity index (χ0) is 24.4. The molecule has 1 N–H and O–H groups in total. The lowest BCUT2D eigenvalue weighted by molar-refractivity contribution is 0.0565. The summed E-state index contributed by atoms with van der Waals surface area (Å²) in [6, 6.07) is 4.02. The van der Waals surface area contributed by atoms with Crippen LogP contribution in [0.3, 0.4) is 0 Å². The van der Waals surface area contributed by atoms with Crippen molar-refractivity contribution in [3.05, 3.63) is 53.6 Å². The lowest BCUT2D eigenvalue weighted by atomic mass is 9.97. The van der Waals surface area contributed by atoms with Gasteiger partial charge in [-0.25, -0.2) is 9.97 Å². The second-order valence-electron chi connectivity index (χ2n) is 9.25. The van der Waals surface area contributed by atoms with Crippen LogP contribution in [0, 0.1) is 13.8 Å². The fraction of sp³-hybridized carbons (Fsp3) is 0.480. The molecule has 5 heterocycles. The lowest BCUT2D eigenvalue weighted by Gasteiger charge is -2.41. The molecule has 0 aliphatic carbocycles. The Hall–Kier alpha value is -3.53. The van der Waals surface area contributed by atoms with Gasteiger partial charge in [-0.2, -0.15) is 0 Å². The van der Waals surface area contributed by atoms with Gasteiger partial charge in [-0.05, 0) is 51.7 Å². The molecule has 2 fully saturated rings. The fourth-order valence-electron chi connectivity index (χ4n) is 5.12. The highest BCUT2D eigenvalue weighted by Gasteiger charge is 2.32. The van der Waals surface area contributed by atoms with E-state index in [2.05, 4.69) is 25.3 Å². The standard InChI is InChI=1S/C25H30N6O4/c1-16-20(8-14-34-16)25(33)31-12-6-19(7-13-31)30-10-4-18(5-11-30)28-24(32)22-17(2)35-29-23(22)21-3-9-26-15-27-21/h3,8-9,14-15,18-19H,4-7,10-13H2,1-2H3,(H,28,32). The van der Waals surface area contributed by atoms with Crippen molar-refractivity contribution in [2.24, 2.45) is 0 Å². The number of aryl methyl sites for hydroxylation is 2. The Morgan fingerprint density at radius 1 is 1.03 bits per heavy atom. The quantitative estimate of drug-likeness (QED) is 0.595. The van der Waals surface area contributed by atoms with E-state index in [0.717, 1.165) is 51.9 Å². The molecule has 0 atom stereocenters. The van der Waals surface area contributed by atoms with E-state index >= 15 is 0 Å². The van der Waals surface area contributed by atoms with E-state index in [1.165, 1.54) is 6.33 Å². The van der Waals surface area contributed by atoms with Crippen molar-refractivity contribution in [2.75, 3.05) is 26.2 Å². The van der Waals surface area contributed by atoms with Gasteiger partial charge in [0.05, 0.1) is 17.5 Å². The number of carbonyl (C=O) groups excluding carboxylic acids is 2. The van der Waals surface area contributed by atoms with E-state index in [1.54, 1.807) is 31.5 Å². The molecule has 0 radical (unpaired) electrons. The monoisotopic (exact) mass is 478 g/mol. The minimum Gasteiger partial charge on any atom is -0.469 e. The molecular weight excluding hydrogens is 448 g/mol. The van der Waals surface area contributed by atoms with Gasteiger partial charge in [-0.15, -0.1) is 0 Å². The van der Waals surface area contributed by atoms with Crippen LogP contribution in [0.2, 0.25) is 0 Å². The third-order valence-electron chi connectivity index (χ3n) is 7.14. The number of likely N-dealkylation sites (tertiary alicyclic amines) is 2. The summed E-state index contributed by atoms with van der Waals surface area (Å²) in [6.07, 6.45) is 8.29. The fourth-order valence-corrected chi connectivity index (χ4v) is 5.12. The summed E-state index contributed by atoms with van der Waals surface area (Å²) >= 11 is 0. The van der Waals surface area contributed by atoms with Crippen LogP contribution >= 0.6 is 0 Å². The predicted octanol–water partition coefficient (Wildman–Crippen LogP) is 2.84. The molecule has 35 heavy (non-hydrogen) atoms. The summed E-state index contributed by atoms with van der Waals surface area (Å²) in [5.74, 6) is 1.02. The third kappa shape index (κ3) is 4.84. The van der Waals surface area contributed by atoms with Gasteiger partial charge in [0.1, 0.15) is 29.1 Å². The highest BCUT2D eigenvalue weighted by atomic mass is 16.5. The molecule has 184 valence electrons. The Morgan fingerprint density at radius 3 is 2.46 bits per heavy atom. The van der Waals surface area contributed by atoms with Crippen LogP contribution in [-0.4, -0.2) is 75.0 Å². The molecule has 2 aliphatic heterocycles. The first-order valence-electron chi connectivity index (χ1n) is 12.1. The van der Waals surface area contributed by atoms with E-state index in [0.29, 0.717) is 40.1 Å². The number of rotatable bonds is 5. The number of hydrogen-bond donors (Lipinski definition) is 1. The minimum atomic E-state index is -0.183. The second-order valence-corrected chi connectivity index (χ2v) is 9.25. The van der Waals surface area contributed by atoms with Crippen molar-refractivity contribution in [2.45, 2.75) is 51.6 Å². The van der Waals surface area contributed by atoms with Crippen LogP contribution in [0.25, 0.3) is 11.4 Å². The zero-order valence-corrected chi connectivity index (χ0v) is 20.1. The van der Waals surface area contributed by atoms with Gasteiger partial charge >= 0.3 is 0 Å². The molecule has 2 aliphatic rings. The molecular formula is C25H30N6O4. The van der Waals surface area contributed by atoms with Gasteiger partial charge in [0.2, 0.25) is 0 Å². The first-order valence-corrected chi connectivity index (χ1v) is 12.1. The Bertz CT molecular complexity index is 1170. The predicted molar refractivity (Wildman–Crippen MR) is 127 cm³/mol. The summed E-state index contributed by atoms with van der Waals surface area (Å²) in [7, 11) is 0. The topological polar surface area (TPSA) is 118 Å². The van der Waals surface area contributed by atoms with E-state index in [4.69, 9.17) is 8.94 Å². The highest BCUT2D eigenvalue weighted by molar-refractivity contribution is 6.00. The van der Waals surface area contributed by atoms with Crippen LogP contribution in [0.1, 0.15) is 57.9 Å². The third-order valence-corrected chi connectivity index (χ3v) is 7.14. The summed E-state index contributed by atoms with van der Waals surface area (Å²) in [5, 5.41) is 7.21. The van der Waals surface area contributed by atoms with Gasteiger partial charge in [0, 0.05) is 44.5 Å². The number of nitrogens with zero attached hydrogens (tertiary/aromatic N) is 5. The maximum atomic E-state index is 13.1. The molecule has 3 aromatic heterocycles.